The van der Waals surface area contributed by atoms with E-state index in [1.165, 1.54) is 0 Å². The molecule has 0 aliphatic heterocycles. The first kappa shape index (κ1) is 20.6. The van der Waals surface area contributed by atoms with Crippen LogP contribution in [0.15, 0.2) is 12.7 Å². The normalized spacial score (nSPS) is 11.7. The van der Waals surface area contributed by atoms with Crippen LogP contribution in [-0.2, 0) is 19.1 Å². The fraction of sp³-hybridized carbons (Fsp3) is 0.750. The van der Waals surface area contributed by atoms with Gasteiger partial charge in [0, 0.05) is 0 Å². The van der Waals surface area contributed by atoms with E-state index >= 15 is 0 Å². The van der Waals surface area contributed by atoms with Crippen molar-refractivity contribution in [3.63, 3.8) is 0 Å². The van der Waals surface area contributed by atoms with Crippen molar-refractivity contribution in [2.24, 2.45) is 5.92 Å². The molecule has 1 unspecified atom stereocenters. The highest BCUT2D eigenvalue weighted by molar-refractivity contribution is 5.79. The zero-order valence-corrected chi connectivity index (χ0v) is 13.2. The van der Waals surface area contributed by atoms with E-state index in [9.17, 15) is 9.59 Å². The van der Waals surface area contributed by atoms with Crippen LogP contribution in [0, 0.1) is 5.92 Å². The molecule has 0 spiro atoms. The molecule has 0 bridgehead atoms. The number of hydrogen-bond acceptors (Lipinski definition) is 6. The van der Waals surface area contributed by atoms with Crippen molar-refractivity contribution in [2.75, 3.05) is 26.4 Å². The van der Waals surface area contributed by atoms with Crippen LogP contribution in [0.3, 0.4) is 0 Å². The van der Waals surface area contributed by atoms with Crippen molar-refractivity contribution in [3.05, 3.63) is 12.7 Å². The second-order valence-corrected chi connectivity index (χ2v) is 5.02. The van der Waals surface area contributed by atoms with E-state index in [-0.39, 0.29) is 32.8 Å². The molecule has 0 aromatic rings. The van der Waals surface area contributed by atoms with Crippen LogP contribution >= 0.6 is 0 Å². The Hall–Kier alpha value is -1.40. The van der Waals surface area contributed by atoms with Crippen molar-refractivity contribution in [3.8, 4) is 0 Å². The maximum absolute atomic E-state index is 11.9. The second-order valence-electron chi connectivity index (χ2n) is 5.02. The zero-order chi connectivity index (χ0) is 16.6. The Balaban J connectivity index is 4.18. The minimum Gasteiger partial charge on any atom is -0.463 e. The average molecular weight is 316 g/mol. The molecule has 128 valence electrons. The highest BCUT2D eigenvalue weighted by Gasteiger charge is 2.23. The molecular formula is C16H28O6. The van der Waals surface area contributed by atoms with Gasteiger partial charge in [0.15, 0.2) is 0 Å². The number of allylic oxidation sites excluding steroid dienone is 1. The van der Waals surface area contributed by atoms with Gasteiger partial charge in [0.2, 0.25) is 0 Å². The van der Waals surface area contributed by atoms with Crippen LogP contribution in [0.25, 0.3) is 0 Å². The summed E-state index contributed by atoms with van der Waals surface area (Å²) >= 11 is 0. The van der Waals surface area contributed by atoms with E-state index < -0.39 is 17.9 Å². The van der Waals surface area contributed by atoms with Gasteiger partial charge in [0.1, 0.15) is 13.2 Å². The summed E-state index contributed by atoms with van der Waals surface area (Å²) in [6.45, 7) is 3.04. The Morgan fingerprint density at radius 3 is 2.27 bits per heavy atom. The molecule has 0 aromatic heterocycles. The first-order valence-electron chi connectivity index (χ1n) is 7.80. The molecule has 2 N–H and O–H groups in total. The summed E-state index contributed by atoms with van der Waals surface area (Å²) in [5.41, 5.74) is 0. The van der Waals surface area contributed by atoms with Gasteiger partial charge in [0.05, 0.1) is 25.6 Å². The van der Waals surface area contributed by atoms with E-state index in [4.69, 9.17) is 19.7 Å². The molecule has 0 radical (unpaired) electrons. The summed E-state index contributed by atoms with van der Waals surface area (Å²) in [4.78, 5) is 23.4. The minimum absolute atomic E-state index is 0.0586. The Kier molecular flexibility index (Phi) is 13.6. The maximum Gasteiger partial charge on any atom is 0.309 e. The Bertz CT molecular complexity index is 316. The molecule has 1 atom stereocenters. The van der Waals surface area contributed by atoms with Gasteiger partial charge in [-0.1, -0.05) is 25.3 Å². The molecule has 0 saturated heterocycles. The van der Waals surface area contributed by atoms with Gasteiger partial charge in [-0.2, -0.15) is 0 Å². The van der Waals surface area contributed by atoms with Crippen LogP contribution in [0.4, 0.5) is 0 Å². The summed E-state index contributed by atoms with van der Waals surface area (Å²) in [7, 11) is 0. The molecule has 0 saturated carbocycles. The third kappa shape index (κ3) is 11.3. The fourth-order valence-electron chi connectivity index (χ4n) is 2.02. The molecule has 0 aliphatic carbocycles. The number of rotatable bonds is 14. The van der Waals surface area contributed by atoms with Crippen molar-refractivity contribution in [1.29, 1.82) is 0 Å². The molecule has 0 aromatic carbocycles. The third-order valence-corrected chi connectivity index (χ3v) is 3.15. The van der Waals surface area contributed by atoms with Gasteiger partial charge >= 0.3 is 11.9 Å². The quantitative estimate of drug-likeness (QED) is 0.287. The lowest BCUT2D eigenvalue weighted by Crippen LogP contribution is -2.23. The molecule has 6 heteroatoms. The van der Waals surface area contributed by atoms with Crippen LogP contribution in [-0.4, -0.2) is 48.6 Å². The largest absolute Gasteiger partial charge is 0.463 e. The monoisotopic (exact) mass is 316 g/mol. The average Bonchev–Trinajstić information content (AvgIpc) is 2.52. The van der Waals surface area contributed by atoms with Crippen molar-refractivity contribution >= 4 is 11.9 Å². The fourth-order valence-corrected chi connectivity index (χ4v) is 2.02. The Morgan fingerprint density at radius 2 is 1.64 bits per heavy atom. The maximum atomic E-state index is 11.9. The van der Waals surface area contributed by atoms with Crippen molar-refractivity contribution in [2.45, 2.75) is 44.9 Å². The highest BCUT2D eigenvalue weighted by Crippen LogP contribution is 2.17. The molecule has 22 heavy (non-hydrogen) atoms. The van der Waals surface area contributed by atoms with Crippen LogP contribution < -0.4 is 0 Å². The van der Waals surface area contributed by atoms with Crippen molar-refractivity contribution in [1.82, 2.24) is 0 Å². The van der Waals surface area contributed by atoms with Crippen LogP contribution in [0.1, 0.15) is 44.9 Å². The van der Waals surface area contributed by atoms with E-state index in [0.29, 0.717) is 6.42 Å². The van der Waals surface area contributed by atoms with Gasteiger partial charge in [-0.15, -0.1) is 6.58 Å². The smallest absolute Gasteiger partial charge is 0.309 e. The highest BCUT2D eigenvalue weighted by atomic mass is 16.5. The number of carbonyl (C=O) groups is 2. The van der Waals surface area contributed by atoms with Gasteiger partial charge in [-0.25, -0.2) is 0 Å². The molecule has 0 fully saturated rings. The van der Waals surface area contributed by atoms with Gasteiger partial charge in [0.25, 0.3) is 0 Å². The topological polar surface area (TPSA) is 93.1 Å². The van der Waals surface area contributed by atoms with Crippen LogP contribution in [0.5, 0.6) is 0 Å². The Labute approximate surface area is 132 Å². The molecule has 6 nitrogen and oxygen atoms in total. The summed E-state index contributed by atoms with van der Waals surface area (Å²) in [5, 5.41) is 17.3. The molecule has 0 amide bonds. The molecule has 0 heterocycles. The summed E-state index contributed by atoms with van der Waals surface area (Å²) in [6.07, 6.45) is 7.28. The SMILES string of the molecule is C=CCCCCCCC(CC(=O)OCCO)C(=O)OCCO. The minimum atomic E-state index is -0.558. The van der Waals surface area contributed by atoms with Gasteiger partial charge in [-0.05, 0) is 19.3 Å². The first-order chi connectivity index (χ1) is 10.7. The molecule has 0 aliphatic rings. The lowest BCUT2D eigenvalue weighted by molar-refractivity contribution is -0.156. The summed E-state index contributed by atoms with van der Waals surface area (Å²) in [6, 6.07) is 0. The number of hydrogen-bond donors (Lipinski definition) is 2. The zero-order valence-electron chi connectivity index (χ0n) is 13.2. The molecule has 0 rings (SSSR count). The number of ether oxygens (including phenoxy) is 2. The van der Waals surface area contributed by atoms with Gasteiger partial charge in [-0.3, -0.25) is 9.59 Å². The lowest BCUT2D eigenvalue weighted by Gasteiger charge is -2.15. The Morgan fingerprint density at radius 1 is 1.00 bits per heavy atom. The second kappa shape index (κ2) is 14.5. The van der Waals surface area contributed by atoms with E-state index in [1.807, 2.05) is 6.08 Å². The van der Waals surface area contributed by atoms with E-state index in [1.54, 1.807) is 0 Å². The summed E-state index contributed by atoms with van der Waals surface area (Å²) in [5.74, 6) is -1.56. The number of aliphatic hydroxyl groups excluding tert-OH is 2. The predicted molar refractivity (Wildman–Crippen MR) is 82.1 cm³/mol. The summed E-state index contributed by atoms with van der Waals surface area (Å²) < 4.78 is 9.67. The first-order valence-corrected chi connectivity index (χ1v) is 7.80. The predicted octanol–water partition coefficient (Wildman–Crippen LogP) is 1.59. The van der Waals surface area contributed by atoms with E-state index in [0.717, 1.165) is 32.1 Å². The number of aliphatic hydroxyl groups is 2. The standard InChI is InChI=1S/C16H28O6/c1-2-3-4-5-6-7-8-14(16(20)22-12-10-18)13-15(19)21-11-9-17/h2,14,17-18H,1,3-13H2. The number of esters is 2. The van der Waals surface area contributed by atoms with E-state index in [2.05, 4.69) is 6.58 Å². The number of unbranched alkanes of at least 4 members (excludes halogenated alkanes) is 4. The molecular weight excluding hydrogens is 288 g/mol. The van der Waals surface area contributed by atoms with Gasteiger partial charge < -0.3 is 19.7 Å². The van der Waals surface area contributed by atoms with Crippen LogP contribution in [0.2, 0.25) is 0 Å². The van der Waals surface area contributed by atoms with Crippen molar-refractivity contribution < 1.29 is 29.3 Å². The number of carbonyl (C=O) groups excluding carboxylic acids is 2. The lowest BCUT2D eigenvalue weighted by atomic mass is 9.97. The third-order valence-electron chi connectivity index (χ3n) is 3.15.